The van der Waals surface area contributed by atoms with Crippen molar-refractivity contribution < 1.29 is 13.2 Å². The molecule has 0 unspecified atom stereocenters. The van der Waals surface area contributed by atoms with Crippen molar-refractivity contribution in [3.8, 4) is 68.0 Å². The van der Waals surface area contributed by atoms with E-state index in [9.17, 15) is 23.7 Å². The van der Waals surface area contributed by atoms with Crippen molar-refractivity contribution in [2.45, 2.75) is 13.1 Å². The summed E-state index contributed by atoms with van der Waals surface area (Å²) in [6.45, 7) is 9.55. The highest BCUT2D eigenvalue weighted by atomic mass is 19.4. The normalized spacial score (nSPS) is 11.5. The second-order valence-corrected chi connectivity index (χ2v) is 16.6. The van der Waals surface area contributed by atoms with E-state index in [1.807, 2.05) is 121 Å². The molecule has 0 aliphatic carbocycles. The molecule has 0 bridgehead atoms. The van der Waals surface area contributed by atoms with Crippen molar-refractivity contribution in [1.29, 1.82) is 10.5 Å². The number of alkyl halides is 3. The van der Waals surface area contributed by atoms with Crippen LogP contribution < -0.4 is 0 Å². The molecule has 0 radical (unpaired) electrons. The second kappa shape index (κ2) is 15.8. The minimum Gasteiger partial charge on any atom is -0.309 e. The zero-order valence-electron chi connectivity index (χ0n) is 35.8. The highest BCUT2D eigenvalue weighted by Crippen LogP contribution is 2.45. The first kappa shape index (κ1) is 40.6. The molecule has 0 aliphatic rings. The fourth-order valence-corrected chi connectivity index (χ4v) is 9.74. The molecule has 0 aliphatic heterocycles. The van der Waals surface area contributed by atoms with Crippen LogP contribution in [0.25, 0.3) is 104 Å². The first-order valence-electron chi connectivity index (χ1n) is 21.6. The summed E-state index contributed by atoms with van der Waals surface area (Å²) in [6, 6.07) is 64.1. The molecule has 11 aromatic rings. The summed E-state index contributed by atoms with van der Waals surface area (Å²) in [5, 5.41) is 24.5. The number of aromatic nitrogens is 2. The van der Waals surface area contributed by atoms with Gasteiger partial charge in [0.2, 0.25) is 0 Å². The van der Waals surface area contributed by atoms with Crippen molar-refractivity contribution in [1.82, 2.24) is 9.13 Å². The van der Waals surface area contributed by atoms with Crippen molar-refractivity contribution in [2.75, 3.05) is 0 Å². The van der Waals surface area contributed by atoms with Crippen LogP contribution in [0.15, 0.2) is 188 Å². The Morgan fingerprint density at radius 3 is 1.60 bits per heavy atom. The van der Waals surface area contributed by atoms with Crippen LogP contribution in [0.5, 0.6) is 0 Å². The molecule has 0 amide bonds. The quantitative estimate of drug-likeness (QED) is 0.156. The van der Waals surface area contributed by atoms with Gasteiger partial charge in [0.1, 0.15) is 0 Å². The monoisotopic (exact) mass is 869 g/mol. The van der Waals surface area contributed by atoms with Crippen molar-refractivity contribution in [3.05, 3.63) is 222 Å². The Labute approximate surface area is 383 Å². The van der Waals surface area contributed by atoms with Crippen molar-refractivity contribution >= 4 is 49.3 Å². The number of halogens is 3. The van der Waals surface area contributed by atoms with Crippen molar-refractivity contribution in [3.63, 3.8) is 0 Å². The third-order valence-electron chi connectivity index (χ3n) is 12.8. The fourth-order valence-electron chi connectivity index (χ4n) is 9.74. The van der Waals surface area contributed by atoms with E-state index in [-0.39, 0.29) is 0 Å². The summed E-state index contributed by atoms with van der Waals surface area (Å²) in [4.78, 5) is 3.80. The number of fused-ring (bicyclic) bond motifs is 6. The predicted molar refractivity (Wildman–Crippen MR) is 262 cm³/mol. The van der Waals surface area contributed by atoms with Gasteiger partial charge in [0.25, 0.3) is 0 Å². The number of para-hydroxylation sites is 3. The van der Waals surface area contributed by atoms with Gasteiger partial charge in [-0.15, -0.1) is 0 Å². The second-order valence-electron chi connectivity index (χ2n) is 16.6. The summed E-state index contributed by atoms with van der Waals surface area (Å²) in [5.41, 5.74) is 12.9. The molecule has 5 nitrogen and oxygen atoms in total. The minimum absolute atomic E-state index is 0.433. The first-order chi connectivity index (χ1) is 32.6. The molecular formula is C59H34F3N5. The summed E-state index contributed by atoms with van der Waals surface area (Å²) in [7, 11) is 0. The Bertz CT molecular complexity index is 3980. The first-order valence-corrected chi connectivity index (χ1v) is 21.6. The third-order valence-corrected chi connectivity index (χ3v) is 12.8. The standard InChI is InChI=1S/C59H34F3N5/c1-36-29-42(59(60,61)62)23-24-43(36)38-20-26-58(67-54-18-10-6-14-46(54)49-32-39(21-27-56(49)67)44-12-4-3-11-41(44)35-64)51(31-38)48-30-37(34-63)19-25-55(48)66-53-17-9-7-15-47(53)50-33-40(22-28-57(50)66)45-13-5-8-16-52(45)65-2/h3-33H,1H3. The molecule has 0 saturated carbocycles. The van der Waals surface area contributed by atoms with E-state index in [0.29, 0.717) is 33.5 Å². The number of nitrogens with zero attached hydrogens (tertiary/aromatic N) is 5. The van der Waals surface area contributed by atoms with Gasteiger partial charge in [0, 0.05) is 32.7 Å². The van der Waals surface area contributed by atoms with Gasteiger partial charge in [0.15, 0.2) is 5.69 Å². The highest BCUT2D eigenvalue weighted by Gasteiger charge is 2.31. The summed E-state index contributed by atoms with van der Waals surface area (Å²) < 4.78 is 46.3. The number of hydrogen-bond acceptors (Lipinski definition) is 2. The smallest absolute Gasteiger partial charge is 0.309 e. The molecule has 0 N–H and O–H groups in total. The number of nitriles is 2. The van der Waals surface area contributed by atoms with Crippen LogP contribution in [-0.2, 0) is 6.18 Å². The predicted octanol–water partition coefficient (Wildman–Crippen LogP) is 16.2. The van der Waals surface area contributed by atoms with Crippen LogP contribution in [0.2, 0.25) is 0 Å². The van der Waals surface area contributed by atoms with Gasteiger partial charge in [-0.3, -0.25) is 0 Å². The van der Waals surface area contributed by atoms with Gasteiger partial charge < -0.3 is 9.13 Å². The Balaban J connectivity index is 1.22. The Morgan fingerprint density at radius 1 is 0.463 bits per heavy atom. The largest absolute Gasteiger partial charge is 0.416 e. The number of aryl methyl sites for hydroxylation is 1. The lowest BCUT2D eigenvalue weighted by molar-refractivity contribution is -0.137. The van der Waals surface area contributed by atoms with E-state index in [0.717, 1.165) is 94.4 Å². The molecule has 67 heavy (non-hydrogen) atoms. The van der Waals surface area contributed by atoms with Gasteiger partial charge in [-0.25, -0.2) is 4.85 Å². The maximum Gasteiger partial charge on any atom is 0.416 e. The zero-order chi connectivity index (χ0) is 46.0. The topological polar surface area (TPSA) is 61.8 Å². The maximum atomic E-state index is 14.0. The van der Waals surface area contributed by atoms with Crippen LogP contribution in [0.1, 0.15) is 22.3 Å². The highest BCUT2D eigenvalue weighted by molar-refractivity contribution is 6.13. The number of benzene rings is 9. The number of rotatable bonds is 6. The van der Waals surface area contributed by atoms with Crippen LogP contribution in [0, 0.1) is 36.2 Å². The molecular weight excluding hydrogens is 836 g/mol. The minimum atomic E-state index is -4.50. The van der Waals surface area contributed by atoms with Crippen molar-refractivity contribution in [2.24, 2.45) is 0 Å². The average molecular weight is 870 g/mol. The SMILES string of the molecule is [C-]#[N+]c1ccccc1-c1ccc2c(c1)c1ccccc1n2-c1ccc(C#N)cc1-c1cc(-c2ccc(C(F)(F)F)cc2C)ccc1-n1c2ccccc2c2cc(-c3ccccc3C#N)ccc21. The van der Waals surface area contributed by atoms with E-state index in [2.05, 4.69) is 74.6 Å². The van der Waals surface area contributed by atoms with E-state index >= 15 is 0 Å². The van der Waals surface area contributed by atoms with Crippen LogP contribution in [0.4, 0.5) is 18.9 Å². The Morgan fingerprint density at radius 2 is 0.985 bits per heavy atom. The van der Waals surface area contributed by atoms with Gasteiger partial charge in [0.05, 0.1) is 68.8 Å². The molecule has 0 spiro atoms. The fraction of sp³-hybridized carbons (Fsp3) is 0.0339. The summed E-state index contributed by atoms with van der Waals surface area (Å²) in [6.07, 6.45) is -4.50. The van der Waals surface area contributed by atoms with E-state index in [1.165, 1.54) is 12.1 Å². The lowest BCUT2D eigenvalue weighted by Gasteiger charge is -2.21. The maximum absolute atomic E-state index is 14.0. The number of hydrogen-bond donors (Lipinski definition) is 0. The zero-order valence-corrected chi connectivity index (χ0v) is 35.8. The summed E-state index contributed by atoms with van der Waals surface area (Å²) in [5.74, 6) is 0. The Hall–Kier alpha value is -9.16. The Kier molecular flexibility index (Phi) is 9.59. The lowest BCUT2D eigenvalue weighted by Crippen LogP contribution is -2.05. The van der Waals surface area contributed by atoms with Crippen LogP contribution in [0.3, 0.4) is 0 Å². The van der Waals surface area contributed by atoms with Gasteiger partial charge >= 0.3 is 6.18 Å². The van der Waals surface area contributed by atoms with E-state index in [4.69, 9.17) is 6.57 Å². The molecule has 9 aromatic carbocycles. The van der Waals surface area contributed by atoms with Gasteiger partial charge in [-0.2, -0.15) is 23.7 Å². The molecule has 11 rings (SSSR count). The molecule has 2 aromatic heterocycles. The molecule has 8 heteroatoms. The molecule has 0 atom stereocenters. The van der Waals surface area contributed by atoms with Crippen LogP contribution >= 0.6 is 0 Å². The molecule has 0 saturated heterocycles. The van der Waals surface area contributed by atoms with Gasteiger partial charge in [-0.1, -0.05) is 103 Å². The summed E-state index contributed by atoms with van der Waals surface area (Å²) >= 11 is 0. The molecule has 2 heterocycles. The molecule has 0 fully saturated rings. The van der Waals surface area contributed by atoms with E-state index < -0.39 is 11.7 Å². The molecule has 316 valence electrons. The van der Waals surface area contributed by atoms with Crippen LogP contribution in [-0.4, -0.2) is 9.13 Å². The van der Waals surface area contributed by atoms with E-state index in [1.54, 1.807) is 6.92 Å². The van der Waals surface area contributed by atoms with Gasteiger partial charge in [-0.05, 0) is 131 Å². The average Bonchev–Trinajstić information content (AvgIpc) is 3.87. The lowest BCUT2D eigenvalue weighted by atomic mass is 9.92. The third kappa shape index (κ3) is 6.69.